The van der Waals surface area contributed by atoms with Crippen molar-refractivity contribution in [3.05, 3.63) is 106 Å². The zero-order valence-corrected chi connectivity index (χ0v) is 24.3. The Labute approximate surface area is 254 Å². The van der Waals surface area contributed by atoms with E-state index in [1.165, 1.54) is 13.3 Å². The minimum absolute atomic E-state index is 0.166. The fraction of sp³-hybridized carbons (Fsp3) is 0.242. The fourth-order valence-corrected chi connectivity index (χ4v) is 5.41. The van der Waals surface area contributed by atoms with Gasteiger partial charge in [0.1, 0.15) is 30.3 Å². The Balaban J connectivity index is 1.41. The van der Waals surface area contributed by atoms with Gasteiger partial charge in [-0.3, -0.25) is 9.78 Å². The lowest BCUT2D eigenvalue weighted by molar-refractivity contribution is -0.117. The molecule has 0 saturated heterocycles. The van der Waals surface area contributed by atoms with Crippen LogP contribution in [0, 0.1) is 17.1 Å². The number of fused-ring (bicyclic) bond motifs is 1. The van der Waals surface area contributed by atoms with Gasteiger partial charge in [-0.25, -0.2) is 4.39 Å². The number of nitriles is 1. The fourth-order valence-electron chi connectivity index (χ4n) is 5.18. The van der Waals surface area contributed by atoms with Crippen molar-refractivity contribution in [2.75, 3.05) is 13.7 Å². The summed E-state index contributed by atoms with van der Waals surface area (Å²) < 4.78 is 33.0. The van der Waals surface area contributed by atoms with Crippen LogP contribution in [-0.2, 0) is 24.4 Å². The second-order valence-corrected chi connectivity index (χ2v) is 10.5. The number of carbonyl (C=O) groups is 1. The number of benzene rings is 3. The van der Waals surface area contributed by atoms with Crippen LogP contribution < -0.4 is 25.3 Å². The number of nitrogens with one attached hydrogen (secondary N) is 1. The summed E-state index contributed by atoms with van der Waals surface area (Å²) in [6.45, 7) is 0.939. The van der Waals surface area contributed by atoms with Gasteiger partial charge in [0.2, 0.25) is 5.91 Å². The van der Waals surface area contributed by atoms with Crippen molar-refractivity contribution in [1.82, 2.24) is 10.3 Å². The van der Waals surface area contributed by atoms with Crippen molar-refractivity contribution in [1.29, 1.82) is 5.26 Å². The van der Waals surface area contributed by atoms with Gasteiger partial charge in [0.25, 0.3) is 0 Å². The molecule has 0 aliphatic heterocycles. The number of hydrogen-bond donors (Lipinski definition) is 2. The summed E-state index contributed by atoms with van der Waals surface area (Å²) in [6.07, 6.45) is 4.41. The Morgan fingerprint density at radius 3 is 2.74 bits per heavy atom. The molecule has 3 aromatic carbocycles. The van der Waals surface area contributed by atoms with E-state index in [0.29, 0.717) is 53.6 Å². The summed E-state index contributed by atoms with van der Waals surface area (Å²) in [5.41, 5.74) is 10.5. The number of rotatable bonds is 12. The van der Waals surface area contributed by atoms with Crippen LogP contribution in [0.3, 0.4) is 0 Å². The predicted molar refractivity (Wildman–Crippen MR) is 160 cm³/mol. The van der Waals surface area contributed by atoms with Crippen LogP contribution in [0.15, 0.2) is 67.0 Å². The van der Waals surface area contributed by atoms with Crippen LogP contribution >= 0.6 is 11.6 Å². The Hall–Kier alpha value is -4.65. The number of halogens is 2. The lowest BCUT2D eigenvalue weighted by atomic mass is 9.96. The van der Waals surface area contributed by atoms with Crippen molar-refractivity contribution in [2.24, 2.45) is 5.73 Å². The van der Waals surface area contributed by atoms with E-state index in [0.717, 1.165) is 27.8 Å². The number of amides is 1. The summed E-state index contributed by atoms with van der Waals surface area (Å²) in [7, 11) is 1.45. The van der Waals surface area contributed by atoms with Crippen LogP contribution in [0.1, 0.15) is 46.8 Å². The summed E-state index contributed by atoms with van der Waals surface area (Å²) in [5, 5.41) is 12.8. The summed E-state index contributed by atoms with van der Waals surface area (Å²) in [6, 6.07) is 18.2. The average molecular weight is 601 g/mol. The van der Waals surface area contributed by atoms with Crippen molar-refractivity contribution in [2.45, 2.75) is 38.5 Å². The normalized spacial score (nSPS) is 13.7. The molecule has 4 aromatic rings. The quantitative estimate of drug-likeness (QED) is 0.190. The molecule has 1 heterocycles. The maximum Gasteiger partial charge on any atom is 0.218 e. The number of methoxy groups -OCH3 is 1. The van der Waals surface area contributed by atoms with Crippen LogP contribution in [0.4, 0.5) is 4.39 Å². The first-order valence-electron chi connectivity index (χ1n) is 13.8. The highest BCUT2D eigenvalue weighted by Crippen LogP contribution is 2.43. The highest BCUT2D eigenvalue weighted by atomic mass is 35.5. The Morgan fingerprint density at radius 2 is 1.95 bits per heavy atom. The molecule has 10 heteroatoms. The van der Waals surface area contributed by atoms with Gasteiger partial charge >= 0.3 is 0 Å². The SMILES string of the molecule is COc1cccc(-c2cccc3c2CC[C@@H]3Oc2cc(OCc3cncc(C#N)c3)c(CNCCC(N)=O)cc2Cl)c1F. The monoisotopic (exact) mass is 600 g/mol. The van der Waals surface area contributed by atoms with Crippen LogP contribution in [-0.4, -0.2) is 24.5 Å². The second kappa shape index (κ2) is 13.6. The largest absolute Gasteiger partial charge is 0.494 e. The van der Waals surface area contributed by atoms with E-state index in [1.54, 1.807) is 42.6 Å². The first-order valence-corrected chi connectivity index (χ1v) is 14.1. The molecule has 0 radical (unpaired) electrons. The predicted octanol–water partition coefficient (Wildman–Crippen LogP) is 6.03. The molecule has 43 heavy (non-hydrogen) atoms. The van der Waals surface area contributed by atoms with E-state index in [9.17, 15) is 10.1 Å². The summed E-state index contributed by atoms with van der Waals surface area (Å²) >= 11 is 6.72. The minimum atomic E-state index is -0.400. The smallest absolute Gasteiger partial charge is 0.218 e. The number of primary amides is 1. The van der Waals surface area contributed by atoms with Crippen LogP contribution in [0.2, 0.25) is 5.02 Å². The van der Waals surface area contributed by atoms with Crippen LogP contribution in [0.25, 0.3) is 11.1 Å². The van der Waals surface area contributed by atoms with Crippen molar-refractivity contribution in [3.8, 4) is 34.4 Å². The van der Waals surface area contributed by atoms with Crippen LogP contribution in [0.5, 0.6) is 17.2 Å². The Bertz CT molecular complexity index is 1690. The number of hydrogen-bond acceptors (Lipinski definition) is 7. The molecule has 1 amide bonds. The van der Waals surface area contributed by atoms with E-state index in [2.05, 4.69) is 16.4 Å². The average Bonchev–Trinajstić information content (AvgIpc) is 3.43. The zero-order chi connectivity index (χ0) is 30.3. The molecular formula is C33H30ClFN4O4. The maximum atomic E-state index is 15.2. The molecule has 3 N–H and O–H groups in total. The number of aromatic nitrogens is 1. The molecule has 0 spiro atoms. The molecule has 0 unspecified atom stereocenters. The third-order valence-electron chi connectivity index (χ3n) is 7.26. The number of nitrogens with two attached hydrogens (primary N) is 1. The van der Waals surface area contributed by atoms with Gasteiger partial charge in [-0.1, -0.05) is 41.9 Å². The topological polar surface area (TPSA) is 119 Å². The second-order valence-electron chi connectivity index (χ2n) is 10.1. The number of nitrogens with zero attached hydrogens (tertiary/aromatic N) is 2. The van der Waals surface area contributed by atoms with Gasteiger partial charge in [0, 0.05) is 54.7 Å². The number of ether oxygens (including phenoxy) is 3. The first-order chi connectivity index (χ1) is 20.9. The van der Waals surface area contributed by atoms with Gasteiger partial charge in [0.05, 0.1) is 17.7 Å². The highest BCUT2D eigenvalue weighted by molar-refractivity contribution is 6.32. The van der Waals surface area contributed by atoms with Gasteiger partial charge in [-0.05, 0) is 47.7 Å². The van der Waals surface area contributed by atoms with Gasteiger partial charge in [0.15, 0.2) is 11.6 Å². The Kier molecular flexibility index (Phi) is 9.40. The minimum Gasteiger partial charge on any atom is -0.494 e. The molecule has 0 fully saturated rings. The summed E-state index contributed by atoms with van der Waals surface area (Å²) in [5.74, 6) is 0.364. The van der Waals surface area contributed by atoms with E-state index < -0.39 is 11.7 Å². The third kappa shape index (κ3) is 6.88. The van der Waals surface area contributed by atoms with Gasteiger partial charge in [-0.2, -0.15) is 5.26 Å². The molecule has 1 aliphatic carbocycles. The molecule has 8 nitrogen and oxygen atoms in total. The maximum absolute atomic E-state index is 15.2. The van der Waals surface area contributed by atoms with E-state index in [-0.39, 0.29) is 24.9 Å². The molecule has 1 aliphatic rings. The van der Waals surface area contributed by atoms with E-state index >= 15 is 4.39 Å². The number of carbonyl (C=O) groups excluding carboxylic acids is 1. The van der Waals surface area contributed by atoms with Gasteiger partial charge < -0.3 is 25.3 Å². The van der Waals surface area contributed by atoms with E-state index in [1.807, 2.05) is 18.2 Å². The highest BCUT2D eigenvalue weighted by Gasteiger charge is 2.28. The molecule has 220 valence electrons. The molecule has 5 rings (SSSR count). The first kappa shape index (κ1) is 29.8. The van der Waals surface area contributed by atoms with Crippen molar-refractivity contribution < 1.29 is 23.4 Å². The number of pyridine rings is 1. The summed E-state index contributed by atoms with van der Waals surface area (Å²) in [4.78, 5) is 15.3. The lowest BCUT2D eigenvalue weighted by Gasteiger charge is -2.20. The molecule has 1 aromatic heterocycles. The molecular weight excluding hydrogens is 571 g/mol. The standard InChI is InChI=1S/C33H30ClFN4O4/c1-41-29-7-3-6-26(33(29)35)23-4-2-5-25-24(23)8-9-28(25)43-31-14-30(42-19-21-12-20(15-36)16-39-17-21)22(13-27(31)34)18-38-11-10-32(37)40/h2-7,12-14,16-17,28,38H,8-11,18-19H2,1H3,(H2,37,40)/t28-/m0/s1. The zero-order valence-electron chi connectivity index (χ0n) is 23.5. The van der Waals surface area contributed by atoms with E-state index in [4.69, 9.17) is 31.5 Å². The molecule has 0 bridgehead atoms. The van der Waals surface area contributed by atoms with Crippen molar-refractivity contribution >= 4 is 17.5 Å². The lowest BCUT2D eigenvalue weighted by Crippen LogP contribution is -2.22. The van der Waals surface area contributed by atoms with Crippen molar-refractivity contribution in [3.63, 3.8) is 0 Å². The van der Waals surface area contributed by atoms with Gasteiger partial charge in [-0.15, -0.1) is 0 Å². The third-order valence-corrected chi connectivity index (χ3v) is 7.55. The molecule has 1 atom stereocenters. The molecule has 0 saturated carbocycles. The Morgan fingerprint density at radius 1 is 1.14 bits per heavy atom.